The van der Waals surface area contributed by atoms with Gasteiger partial charge in [-0.05, 0) is 77.0 Å². The molecule has 1 amide bonds. The number of carbonyl (C=O) groups is 2. The predicted octanol–water partition coefficient (Wildman–Crippen LogP) is 21.8. The molecule has 444 valence electrons. The van der Waals surface area contributed by atoms with E-state index in [1.54, 1.807) is 0 Å². The number of unbranched alkanes of at least 4 members (excludes halogenated alkanes) is 49. The van der Waals surface area contributed by atoms with Crippen molar-refractivity contribution in [1.82, 2.24) is 5.32 Å². The summed E-state index contributed by atoms with van der Waals surface area (Å²) in [6, 6.07) is -0.538. The summed E-state index contributed by atoms with van der Waals surface area (Å²) < 4.78 is 5.47. The van der Waals surface area contributed by atoms with E-state index in [2.05, 4.69) is 43.5 Å². The Kier molecular flexibility index (Phi) is 63.4. The van der Waals surface area contributed by atoms with Crippen LogP contribution in [0, 0.1) is 0 Å². The van der Waals surface area contributed by atoms with Crippen molar-refractivity contribution in [3.8, 4) is 0 Å². The van der Waals surface area contributed by atoms with Gasteiger partial charge < -0.3 is 20.3 Å². The van der Waals surface area contributed by atoms with Crippen LogP contribution in [0.4, 0.5) is 0 Å². The average molecular weight is 1060 g/mol. The number of nitrogens with one attached hydrogen (secondary N) is 1. The molecule has 0 radical (unpaired) electrons. The average Bonchev–Trinajstić information content (AvgIpc) is 3.41. The number of aliphatic hydroxyl groups is 2. The molecule has 0 fully saturated rings. The molecule has 75 heavy (non-hydrogen) atoms. The molecule has 0 aliphatic heterocycles. The van der Waals surface area contributed by atoms with E-state index >= 15 is 0 Å². The van der Waals surface area contributed by atoms with Crippen LogP contribution in [-0.4, -0.2) is 47.4 Å². The SMILES string of the molecule is CCCCC/C=C\CCCCCCCC(=O)OCCCCCCCCCCCCCC/C=C\CCCCCCCCCCCCCCCCCCCC(=O)NC(CO)C(O)CCCCCCCCCCCCCCC. The van der Waals surface area contributed by atoms with Gasteiger partial charge in [-0.2, -0.15) is 0 Å². The minimum Gasteiger partial charge on any atom is -0.466 e. The normalized spacial score (nSPS) is 12.6. The van der Waals surface area contributed by atoms with Crippen LogP contribution in [0.5, 0.6) is 0 Å². The first-order valence-corrected chi connectivity index (χ1v) is 34.1. The quantitative estimate of drug-likeness (QED) is 0.0320. The highest BCUT2D eigenvalue weighted by Gasteiger charge is 2.20. The Bertz CT molecular complexity index is 1170. The molecule has 0 aliphatic rings. The number of hydrogen-bond acceptors (Lipinski definition) is 5. The lowest BCUT2D eigenvalue weighted by Gasteiger charge is -2.22. The zero-order valence-electron chi connectivity index (χ0n) is 50.8. The number of ether oxygens (including phenoxy) is 1. The first-order chi connectivity index (χ1) is 37.0. The molecular weight excluding hydrogens is 923 g/mol. The summed E-state index contributed by atoms with van der Waals surface area (Å²) in [7, 11) is 0. The van der Waals surface area contributed by atoms with Crippen molar-refractivity contribution < 1.29 is 24.5 Å². The highest BCUT2D eigenvalue weighted by atomic mass is 16.5. The maximum atomic E-state index is 12.5. The van der Waals surface area contributed by atoms with Crippen molar-refractivity contribution in [1.29, 1.82) is 0 Å². The van der Waals surface area contributed by atoms with Crippen LogP contribution in [0.1, 0.15) is 380 Å². The molecule has 2 atom stereocenters. The third kappa shape index (κ3) is 61.4. The molecule has 0 saturated heterocycles. The van der Waals surface area contributed by atoms with Crippen LogP contribution in [0.3, 0.4) is 0 Å². The summed E-state index contributed by atoms with van der Waals surface area (Å²) in [4.78, 5) is 24.5. The second-order valence-corrected chi connectivity index (χ2v) is 23.5. The first-order valence-electron chi connectivity index (χ1n) is 34.1. The van der Waals surface area contributed by atoms with Crippen molar-refractivity contribution in [2.45, 2.75) is 392 Å². The van der Waals surface area contributed by atoms with Crippen LogP contribution < -0.4 is 5.32 Å². The van der Waals surface area contributed by atoms with Crippen LogP contribution in [0.15, 0.2) is 24.3 Å². The third-order valence-corrected chi connectivity index (χ3v) is 16.0. The second kappa shape index (κ2) is 64.9. The number of hydrogen-bond donors (Lipinski definition) is 3. The highest BCUT2D eigenvalue weighted by molar-refractivity contribution is 5.76. The number of esters is 1. The van der Waals surface area contributed by atoms with Gasteiger partial charge in [0.2, 0.25) is 5.91 Å². The Hall–Kier alpha value is -1.66. The van der Waals surface area contributed by atoms with E-state index in [0.717, 1.165) is 44.9 Å². The van der Waals surface area contributed by atoms with Gasteiger partial charge in [0, 0.05) is 12.8 Å². The van der Waals surface area contributed by atoms with Gasteiger partial charge in [0.05, 0.1) is 25.4 Å². The zero-order chi connectivity index (χ0) is 54.3. The van der Waals surface area contributed by atoms with Gasteiger partial charge >= 0.3 is 5.97 Å². The van der Waals surface area contributed by atoms with Gasteiger partial charge in [-0.3, -0.25) is 9.59 Å². The summed E-state index contributed by atoms with van der Waals surface area (Å²) >= 11 is 0. The maximum Gasteiger partial charge on any atom is 0.305 e. The number of allylic oxidation sites excluding steroid dienone is 4. The maximum absolute atomic E-state index is 12.5. The lowest BCUT2D eigenvalue weighted by atomic mass is 10.0. The number of carbonyl (C=O) groups excluding carboxylic acids is 2. The topological polar surface area (TPSA) is 95.9 Å². The third-order valence-electron chi connectivity index (χ3n) is 16.0. The first kappa shape index (κ1) is 73.3. The Morgan fingerprint density at radius 2 is 0.627 bits per heavy atom. The van der Waals surface area contributed by atoms with E-state index in [4.69, 9.17) is 4.74 Å². The number of rotatable bonds is 64. The fourth-order valence-corrected chi connectivity index (χ4v) is 10.7. The molecule has 0 rings (SSSR count). The van der Waals surface area contributed by atoms with Gasteiger partial charge in [0.15, 0.2) is 0 Å². The fraction of sp³-hybridized carbons (Fsp3) is 0.913. The van der Waals surface area contributed by atoms with E-state index in [1.165, 1.54) is 302 Å². The van der Waals surface area contributed by atoms with Gasteiger partial charge in [0.25, 0.3) is 0 Å². The molecular formula is C69H133NO5. The molecule has 0 saturated carbocycles. The van der Waals surface area contributed by atoms with Crippen LogP contribution in [0.25, 0.3) is 0 Å². The Morgan fingerprint density at radius 3 is 0.973 bits per heavy atom. The molecule has 3 N–H and O–H groups in total. The predicted molar refractivity (Wildman–Crippen MR) is 329 cm³/mol. The fourth-order valence-electron chi connectivity index (χ4n) is 10.7. The summed E-state index contributed by atoms with van der Waals surface area (Å²) in [5.74, 6) is -0.0211. The number of amides is 1. The minimum absolute atomic E-state index is 0.00889. The van der Waals surface area contributed by atoms with Crippen LogP contribution in [-0.2, 0) is 14.3 Å². The van der Waals surface area contributed by atoms with E-state index in [1.807, 2.05) is 0 Å². The van der Waals surface area contributed by atoms with Crippen molar-refractivity contribution in [2.24, 2.45) is 0 Å². The van der Waals surface area contributed by atoms with Crippen molar-refractivity contribution in [3.05, 3.63) is 24.3 Å². The van der Waals surface area contributed by atoms with Gasteiger partial charge in [0.1, 0.15) is 0 Å². The summed E-state index contributed by atoms with van der Waals surface area (Å²) in [6.45, 7) is 4.95. The monoisotopic (exact) mass is 1060 g/mol. The molecule has 2 unspecified atom stereocenters. The molecule has 0 spiro atoms. The summed E-state index contributed by atoms with van der Waals surface area (Å²) in [5.41, 5.74) is 0. The van der Waals surface area contributed by atoms with Gasteiger partial charge in [-0.15, -0.1) is 0 Å². The summed E-state index contributed by atoms with van der Waals surface area (Å²) in [6.07, 6.45) is 80.9. The van der Waals surface area contributed by atoms with Crippen LogP contribution in [0.2, 0.25) is 0 Å². The summed E-state index contributed by atoms with van der Waals surface area (Å²) in [5, 5.41) is 23.3. The molecule has 0 aromatic heterocycles. The second-order valence-electron chi connectivity index (χ2n) is 23.5. The molecule has 0 heterocycles. The Labute approximate surface area is 469 Å². The Morgan fingerprint density at radius 1 is 0.360 bits per heavy atom. The van der Waals surface area contributed by atoms with Crippen molar-refractivity contribution in [2.75, 3.05) is 13.2 Å². The lowest BCUT2D eigenvalue weighted by Crippen LogP contribution is -2.45. The van der Waals surface area contributed by atoms with E-state index in [-0.39, 0.29) is 18.5 Å². The van der Waals surface area contributed by atoms with Gasteiger partial charge in [-0.1, -0.05) is 314 Å². The zero-order valence-corrected chi connectivity index (χ0v) is 50.8. The minimum atomic E-state index is -0.661. The smallest absolute Gasteiger partial charge is 0.305 e. The molecule has 0 bridgehead atoms. The molecule has 0 aromatic rings. The van der Waals surface area contributed by atoms with Crippen LogP contribution >= 0.6 is 0 Å². The standard InChI is InChI=1S/C69H133NO5/c1-3-5-7-9-11-13-15-38-41-45-49-53-57-61-67(72)66(65-71)70-68(73)62-58-54-50-46-42-39-36-34-32-30-28-26-24-22-20-18-17-19-21-23-25-27-29-31-33-35-37-40-44-48-52-56-60-64-75-69(74)63-59-55-51-47-43-16-14-12-10-8-6-4-2/h12,14,21,23,66-67,71-72H,3-11,13,15-20,22,24-65H2,1-2H3,(H,70,73)/b14-12-,23-21-. The van der Waals surface area contributed by atoms with Crippen molar-refractivity contribution in [3.63, 3.8) is 0 Å². The Balaban J connectivity index is 3.34. The molecule has 0 aliphatic carbocycles. The van der Waals surface area contributed by atoms with E-state index < -0.39 is 12.1 Å². The molecule has 0 aromatic carbocycles. The van der Waals surface area contributed by atoms with Gasteiger partial charge in [-0.25, -0.2) is 0 Å². The largest absolute Gasteiger partial charge is 0.466 e. The highest BCUT2D eigenvalue weighted by Crippen LogP contribution is 2.18. The van der Waals surface area contributed by atoms with E-state index in [9.17, 15) is 19.8 Å². The molecule has 6 heteroatoms. The van der Waals surface area contributed by atoms with Crippen molar-refractivity contribution >= 4 is 11.9 Å². The van der Waals surface area contributed by atoms with E-state index in [0.29, 0.717) is 25.9 Å². The lowest BCUT2D eigenvalue weighted by molar-refractivity contribution is -0.143. The molecule has 6 nitrogen and oxygen atoms in total. The number of aliphatic hydroxyl groups excluding tert-OH is 2.